The summed E-state index contributed by atoms with van der Waals surface area (Å²) in [6, 6.07) is 5.80. The standard InChI is InChI=1S/C19H23FN4O3S/c20-15-4-2-14(3-5-15)13-24-18(26)16(17(25)22-19(24)28)12-21-6-1-7-23-8-10-27-11-9-23/h2-5,12,16H,1,6-11,13H2,(H,22,25,28)/p+1/t16-/m1/s1. The predicted molar refractivity (Wildman–Crippen MR) is 106 cm³/mol. The molecule has 9 heteroatoms. The first-order valence-corrected chi connectivity index (χ1v) is 9.77. The Morgan fingerprint density at radius 2 is 2.00 bits per heavy atom. The molecule has 0 radical (unpaired) electrons. The van der Waals surface area contributed by atoms with E-state index in [2.05, 4.69) is 10.3 Å². The zero-order valence-electron chi connectivity index (χ0n) is 15.5. The van der Waals surface area contributed by atoms with Crippen LogP contribution < -0.4 is 10.2 Å². The molecule has 2 aliphatic heterocycles. The molecule has 3 rings (SSSR count). The molecular formula is C19H24FN4O3S+. The number of halogens is 1. The number of ether oxygens (including phenoxy) is 1. The van der Waals surface area contributed by atoms with E-state index in [-0.39, 0.29) is 17.5 Å². The summed E-state index contributed by atoms with van der Waals surface area (Å²) < 4.78 is 18.4. The summed E-state index contributed by atoms with van der Waals surface area (Å²) in [6.45, 7) is 5.31. The second-order valence-electron chi connectivity index (χ2n) is 6.84. The molecule has 7 nitrogen and oxygen atoms in total. The third kappa shape index (κ3) is 5.40. The Labute approximate surface area is 168 Å². The van der Waals surface area contributed by atoms with E-state index in [1.54, 1.807) is 12.1 Å². The number of carbonyl (C=O) groups is 2. The van der Waals surface area contributed by atoms with Crippen LogP contribution in [0.1, 0.15) is 12.0 Å². The van der Waals surface area contributed by atoms with E-state index in [1.807, 2.05) is 0 Å². The van der Waals surface area contributed by atoms with Gasteiger partial charge in [-0.2, -0.15) is 0 Å². The van der Waals surface area contributed by atoms with Crippen molar-refractivity contribution in [2.45, 2.75) is 13.0 Å². The third-order valence-electron chi connectivity index (χ3n) is 4.82. The minimum atomic E-state index is -0.997. The summed E-state index contributed by atoms with van der Waals surface area (Å²) in [5.41, 5.74) is 0.720. The van der Waals surface area contributed by atoms with Crippen LogP contribution in [0.2, 0.25) is 0 Å². The molecule has 0 bridgehead atoms. The van der Waals surface area contributed by atoms with Crippen molar-refractivity contribution in [2.24, 2.45) is 10.9 Å². The van der Waals surface area contributed by atoms with E-state index >= 15 is 0 Å². The molecule has 2 aliphatic rings. The Kier molecular flexibility index (Phi) is 7.18. The molecule has 0 aliphatic carbocycles. The molecule has 0 saturated carbocycles. The largest absolute Gasteiger partial charge is 0.370 e. The van der Waals surface area contributed by atoms with Crippen molar-refractivity contribution in [1.82, 2.24) is 10.2 Å². The van der Waals surface area contributed by atoms with Gasteiger partial charge in [-0.1, -0.05) is 12.1 Å². The Bertz CT molecular complexity index is 750. The molecule has 0 aromatic heterocycles. The second-order valence-corrected chi connectivity index (χ2v) is 7.23. The van der Waals surface area contributed by atoms with E-state index in [4.69, 9.17) is 17.0 Å². The Morgan fingerprint density at radius 3 is 2.71 bits per heavy atom. The molecule has 2 amide bonds. The normalized spacial score (nSPS) is 21.4. The zero-order valence-corrected chi connectivity index (χ0v) is 16.3. The van der Waals surface area contributed by atoms with Crippen LogP contribution in [0.25, 0.3) is 0 Å². The van der Waals surface area contributed by atoms with Crippen molar-refractivity contribution < 1.29 is 23.6 Å². The lowest BCUT2D eigenvalue weighted by Crippen LogP contribution is -3.14. The summed E-state index contributed by atoms with van der Waals surface area (Å²) in [4.78, 5) is 32.0. The number of aliphatic imine (C=N–C) groups is 1. The van der Waals surface area contributed by atoms with Gasteiger partial charge >= 0.3 is 0 Å². The quantitative estimate of drug-likeness (QED) is 0.278. The van der Waals surface area contributed by atoms with Crippen molar-refractivity contribution in [3.05, 3.63) is 35.6 Å². The number of morpholine rings is 1. The number of quaternary nitrogens is 1. The summed E-state index contributed by atoms with van der Waals surface area (Å²) in [7, 11) is 0. The highest BCUT2D eigenvalue weighted by Crippen LogP contribution is 2.14. The fourth-order valence-electron chi connectivity index (χ4n) is 3.19. The van der Waals surface area contributed by atoms with Crippen LogP contribution in [0.15, 0.2) is 29.3 Å². The maximum atomic E-state index is 13.1. The van der Waals surface area contributed by atoms with Gasteiger partial charge in [-0.05, 0) is 29.9 Å². The minimum Gasteiger partial charge on any atom is -0.370 e. The maximum absolute atomic E-state index is 13.1. The van der Waals surface area contributed by atoms with Gasteiger partial charge in [0, 0.05) is 19.2 Å². The average Bonchev–Trinajstić information content (AvgIpc) is 2.69. The molecule has 2 fully saturated rings. The Balaban J connectivity index is 1.54. The van der Waals surface area contributed by atoms with Gasteiger partial charge in [0.25, 0.3) is 0 Å². The van der Waals surface area contributed by atoms with Gasteiger partial charge in [0.15, 0.2) is 11.0 Å². The van der Waals surface area contributed by atoms with Crippen LogP contribution >= 0.6 is 12.2 Å². The molecule has 2 saturated heterocycles. The summed E-state index contributed by atoms with van der Waals surface area (Å²) >= 11 is 5.13. The molecular weight excluding hydrogens is 383 g/mol. The molecule has 28 heavy (non-hydrogen) atoms. The Hall–Kier alpha value is -2.23. The summed E-state index contributed by atoms with van der Waals surface area (Å²) in [5.74, 6) is -2.23. The van der Waals surface area contributed by atoms with Crippen LogP contribution in [-0.2, 0) is 20.9 Å². The molecule has 150 valence electrons. The molecule has 1 aromatic carbocycles. The van der Waals surface area contributed by atoms with Gasteiger partial charge in [0.05, 0.1) is 26.3 Å². The van der Waals surface area contributed by atoms with Gasteiger partial charge in [0.1, 0.15) is 18.9 Å². The van der Waals surface area contributed by atoms with Crippen molar-refractivity contribution >= 4 is 35.4 Å². The van der Waals surface area contributed by atoms with Gasteiger partial charge in [-0.15, -0.1) is 0 Å². The van der Waals surface area contributed by atoms with Gasteiger partial charge in [0.2, 0.25) is 11.8 Å². The van der Waals surface area contributed by atoms with E-state index in [1.165, 1.54) is 28.1 Å². The summed E-state index contributed by atoms with van der Waals surface area (Å²) in [5, 5.41) is 2.60. The SMILES string of the molecule is O=C1NC(=S)N(Cc2ccc(F)cc2)C(=O)[C@@H]1C=NCCC[NH+]1CCOCC1. The number of nitrogens with zero attached hydrogens (tertiary/aromatic N) is 2. The lowest BCUT2D eigenvalue weighted by Gasteiger charge is -2.31. The van der Waals surface area contributed by atoms with Crippen LogP contribution in [0.3, 0.4) is 0 Å². The molecule has 1 atom stereocenters. The first-order chi connectivity index (χ1) is 13.5. The van der Waals surface area contributed by atoms with Gasteiger partial charge < -0.3 is 15.0 Å². The first-order valence-electron chi connectivity index (χ1n) is 9.36. The number of thiocarbonyl (C=S) groups is 1. The minimum absolute atomic E-state index is 0.0555. The number of benzene rings is 1. The fraction of sp³-hybridized carbons (Fsp3) is 0.474. The number of amides is 2. The fourth-order valence-corrected chi connectivity index (χ4v) is 3.45. The zero-order chi connectivity index (χ0) is 19.9. The van der Waals surface area contributed by atoms with Crippen LogP contribution in [-0.4, -0.2) is 67.4 Å². The number of rotatable bonds is 7. The van der Waals surface area contributed by atoms with E-state index in [0.29, 0.717) is 6.54 Å². The van der Waals surface area contributed by atoms with Crippen molar-refractivity contribution in [3.8, 4) is 0 Å². The molecule has 1 aromatic rings. The van der Waals surface area contributed by atoms with E-state index < -0.39 is 17.7 Å². The molecule has 2 heterocycles. The highest BCUT2D eigenvalue weighted by atomic mass is 32.1. The number of hydrogen-bond donors (Lipinski definition) is 2. The smallest absolute Gasteiger partial charge is 0.247 e. The lowest BCUT2D eigenvalue weighted by atomic mass is 10.1. The summed E-state index contributed by atoms with van der Waals surface area (Å²) in [6.07, 6.45) is 2.29. The van der Waals surface area contributed by atoms with Crippen molar-refractivity contribution in [2.75, 3.05) is 39.4 Å². The van der Waals surface area contributed by atoms with Gasteiger partial charge in [-0.3, -0.25) is 19.5 Å². The highest BCUT2D eigenvalue weighted by Gasteiger charge is 2.37. The first kappa shape index (κ1) is 20.5. The third-order valence-corrected chi connectivity index (χ3v) is 5.14. The van der Waals surface area contributed by atoms with E-state index in [9.17, 15) is 14.0 Å². The number of hydrogen-bond acceptors (Lipinski definition) is 5. The predicted octanol–water partition coefficient (Wildman–Crippen LogP) is -0.439. The topological polar surface area (TPSA) is 75.4 Å². The second kappa shape index (κ2) is 9.81. The molecule has 0 spiro atoms. The maximum Gasteiger partial charge on any atom is 0.247 e. The average molecular weight is 407 g/mol. The highest BCUT2D eigenvalue weighted by molar-refractivity contribution is 7.80. The molecule has 2 N–H and O–H groups in total. The van der Waals surface area contributed by atoms with E-state index in [0.717, 1.165) is 44.8 Å². The van der Waals surface area contributed by atoms with Crippen LogP contribution in [0, 0.1) is 11.7 Å². The van der Waals surface area contributed by atoms with Crippen LogP contribution in [0.4, 0.5) is 4.39 Å². The number of carbonyl (C=O) groups excluding carboxylic acids is 2. The number of nitrogens with one attached hydrogen (secondary N) is 2. The van der Waals surface area contributed by atoms with Gasteiger partial charge in [-0.25, -0.2) is 4.39 Å². The van der Waals surface area contributed by atoms with Crippen LogP contribution in [0.5, 0.6) is 0 Å². The Morgan fingerprint density at radius 1 is 1.29 bits per heavy atom. The lowest BCUT2D eigenvalue weighted by molar-refractivity contribution is -0.908. The monoisotopic (exact) mass is 407 g/mol. The van der Waals surface area contributed by atoms with Crippen molar-refractivity contribution in [3.63, 3.8) is 0 Å². The van der Waals surface area contributed by atoms with Crippen molar-refractivity contribution in [1.29, 1.82) is 0 Å². The molecule has 0 unspecified atom stereocenters.